The maximum atomic E-state index is 2.87. The third-order valence-electron chi connectivity index (χ3n) is 10.5. The van der Waals surface area contributed by atoms with Gasteiger partial charge in [0.2, 0.25) is 0 Å². The Morgan fingerprint density at radius 1 is 0.386 bits per heavy atom. The van der Waals surface area contributed by atoms with Crippen molar-refractivity contribution in [3.05, 3.63) is 23.3 Å². The van der Waals surface area contributed by atoms with Crippen LogP contribution in [0.3, 0.4) is 0 Å². The second kappa shape index (κ2) is 23.4. The molecular weight excluding hydrogens is 782 g/mol. The fourth-order valence-corrected chi connectivity index (χ4v) is 48.5. The van der Waals surface area contributed by atoms with Crippen LogP contribution in [-0.4, -0.2) is 36.8 Å². The average molecular weight is 857 g/mol. The summed E-state index contributed by atoms with van der Waals surface area (Å²) < 4.78 is 13.5. The fraction of sp³-hybridized carbons (Fsp3) is 0.800. The van der Waals surface area contributed by atoms with E-state index in [0.717, 1.165) is 0 Å². The Hall–Kier alpha value is 0.997. The van der Waals surface area contributed by atoms with Crippen LogP contribution < -0.4 is 5.79 Å². The van der Waals surface area contributed by atoms with E-state index in [9.17, 15) is 0 Å². The Morgan fingerprint density at radius 2 is 0.636 bits per heavy atom. The number of unbranched alkanes of at least 4 members (excludes halogenated alkanes) is 8. The summed E-state index contributed by atoms with van der Waals surface area (Å²) in [4.78, 5) is 3.53. The van der Waals surface area contributed by atoms with Gasteiger partial charge < -0.3 is 0 Å². The van der Waals surface area contributed by atoms with E-state index in [0.29, 0.717) is 0 Å². The molecule has 0 aliphatic carbocycles. The van der Waals surface area contributed by atoms with Gasteiger partial charge in [-0.25, -0.2) is 0 Å². The maximum absolute atomic E-state index is 2.87. The molecule has 0 unspecified atom stereocenters. The molecule has 2 aromatic heterocycles. The Labute approximate surface area is 293 Å². The molecule has 0 aromatic carbocycles. The van der Waals surface area contributed by atoms with Crippen molar-refractivity contribution in [2.75, 3.05) is 0 Å². The van der Waals surface area contributed by atoms with E-state index in [4.69, 9.17) is 0 Å². The molecule has 2 aromatic rings. The molecule has 0 saturated heterocycles. The van der Waals surface area contributed by atoms with E-state index in [2.05, 4.69) is 90.2 Å². The topological polar surface area (TPSA) is 0 Å². The van der Waals surface area contributed by atoms with Gasteiger partial charge in [0.15, 0.2) is 0 Å². The molecule has 44 heavy (non-hydrogen) atoms. The summed E-state index contributed by atoms with van der Waals surface area (Å²) in [5.74, 6) is 0. The molecule has 0 amide bonds. The van der Waals surface area contributed by atoms with Crippen molar-refractivity contribution in [2.45, 2.75) is 198 Å². The van der Waals surface area contributed by atoms with Gasteiger partial charge in [-0.15, -0.1) is 0 Å². The van der Waals surface area contributed by atoms with Crippen molar-refractivity contribution in [1.29, 1.82) is 0 Å². The molecule has 0 nitrogen and oxygen atoms in total. The van der Waals surface area contributed by atoms with Gasteiger partial charge in [-0.05, 0) is 0 Å². The molecule has 0 aliphatic rings. The first-order valence-electron chi connectivity index (χ1n) is 19.7. The zero-order chi connectivity index (χ0) is 32.3. The van der Waals surface area contributed by atoms with Crippen molar-refractivity contribution in [3.8, 4) is 9.75 Å². The molecule has 0 spiro atoms. The van der Waals surface area contributed by atoms with Crippen LogP contribution in [0.2, 0.25) is 26.6 Å². The van der Waals surface area contributed by atoms with Gasteiger partial charge in [0, 0.05) is 0 Å². The number of aryl methyl sites for hydroxylation is 2. The summed E-state index contributed by atoms with van der Waals surface area (Å²) in [6, 6.07) is 5.75. The summed E-state index contributed by atoms with van der Waals surface area (Å²) in [6.45, 7) is 19.4. The van der Waals surface area contributed by atoms with Crippen LogP contribution >= 0.6 is 22.7 Å². The number of thiophene rings is 2. The van der Waals surface area contributed by atoms with Crippen LogP contribution in [0.25, 0.3) is 9.75 Å². The Morgan fingerprint density at radius 3 is 0.864 bits per heavy atom. The van der Waals surface area contributed by atoms with Crippen LogP contribution in [0.4, 0.5) is 0 Å². The minimum atomic E-state index is -2.48. The standard InChI is InChI=1S/C16H20S2.6C4H9.2Sn/c1-3-5-7-13-9-11-17-15(13)16-14(8-6-4-2)10-12-18-16;6*1-3-4-2;;/h9-10H,3-8H2,1-2H3;6*1,3-4H2,2H3;;. The molecule has 0 radical (unpaired) electrons. The van der Waals surface area contributed by atoms with Gasteiger partial charge in [0.25, 0.3) is 0 Å². The van der Waals surface area contributed by atoms with Gasteiger partial charge >= 0.3 is 296 Å². The molecule has 0 aliphatic heterocycles. The van der Waals surface area contributed by atoms with Crippen molar-refractivity contribution >= 4 is 65.2 Å². The predicted octanol–water partition coefficient (Wildman–Crippen LogP) is 14.3. The van der Waals surface area contributed by atoms with E-state index >= 15 is 0 Å². The summed E-state index contributed by atoms with van der Waals surface area (Å²) in [6.07, 6.45) is 24.9. The minimum absolute atomic E-state index is 1.30. The molecule has 0 saturated carbocycles. The monoisotopic (exact) mass is 858 g/mol. The summed E-state index contributed by atoms with van der Waals surface area (Å²) in [5.41, 5.74) is 3.53. The fourth-order valence-electron chi connectivity index (χ4n) is 7.45. The first kappa shape index (κ1) is 41.2. The Bertz CT molecular complexity index is 879. The van der Waals surface area contributed by atoms with Crippen LogP contribution in [0, 0.1) is 0 Å². The van der Waals surface area contributed by atoms with Crippen molar-refractivity contribution in [2.24, 2.45) is 0 Å². The molecule has 2 rings (SSSR count). The first-order chi connectivity index (χ1) is 21.4. The van der Waals surface area contributed by atoms with Gasteiger partial charge in [-0.3, -0.25) is 0 Å². The molecule has 254 valence electrons. The average Bonchev–Trinajstić information content (AvgIpc) is 3.67. The molecule has 0 N–H and O–H groups in total. The van der Waals surface area contributed by atoms with E-state index in [1.807, 2.05) is 5.79 Å². The number of hydrogen-bond acceptors (Lipinski definition) is 2. The van der Waals surface area contributed by atoms with E-state index < -0.39 is 36.8 Å². The van der Waals surface area contributed by atoms with Gasteiger partial charge in [-0.1, -0.05) is 0 Å². The van der Waals surface area contributed by atoms with Crippen molar-refractivity contribution in [3.63, 3.8) is 0 Å². The van der Waals surface area contributed by atoms with E-state index in [1.54, 1.807) is 47.5 Å². The third-order valence-corrected chi connectivity index (χ3v) is 49.5. The van der Waals surface area contributed by atoms with Crippen molar-refractivity contribution < 1.29 is 0 Å². The predicted molar refractivity (Wildman–Crippen MR) is 214 cm³/mol. The van der Waals surface area contributed by atoms with Gasteiger partial charge in [-0.2, -0.15) is 0 Å². The Kier molecular flexibility index (Phi) is 21.9. The molecule has 0 atom stereocenters. The third kappa shape index (κ3) is 12.2. The second-order valence-corrected chi connectivity index (χ2v) is 44.7. The van der Waals surface area contributed by atoms with Crippen LogP contribution in [-0.2, 0) is 12.8 Å². The van der Waals surface area contributed by atoms with Gasteiger partial charge in [0.05, 0.1) is 0 Å². The zero-order valence-corrected chi connectivity index (χ0v) is 38.3. The number of rotatable bonds is 27. The molecular formula is C40H74S2Sn2. The molecule has 0 fully saturated rings. The van der Waals surface area contributed by atoms with Crippen molar-refractivity contribution in [1.82, 2.24) is 0 Å². The zero-order valence-electron chi connectivity index (χ0n) is 30.9. The van der Waals surface area contributed by atoms with Crippen LogP contribution in [0.5, 0.6) is 0 Å². The second-order valence-electron chi connectivity index (χ2n) is 14.3. The number of hydrogen-bond donors (Lipinski definition) is 0. The quantitative estimate of drug-likeness (QED) is 0.0786. The summed E-state index contributed by atoms with van der Waals surface area (Å²) in [7, 11) is 0. The Balaban J connectivity index is 2.81. The normalized spacial score (nSPS) is 12.5. The van der Waals surface area contributed by atoms with Crippen LogP contribution in [0.1, 0.15) is 169 Å². The molecule has 0 bridgehead atoms. The summed E-state index contributed by atoms with van der Waals surface area (Å²) in [5, 5.41) is 0. The summed E-state index contributed by atoms with van der Waals surface area (Å²) >= 11 is -0.208. The van der Waals surface area contributed by atoms with Gasteiger partial charge in [0.1, 0.15) is 0 Å². The first-order valence-corrected chi connectivity index (χ1v) is 36.3. The van der Waals surface area contributed by atoms with Crippen LogP contribution in [0.15, 0.2) is 12.1 Å². The van der Waals surface area contributed by atoms with E-state index in [1.165, 1.54) is 116 Å². The molecule has 2 heterocycles. The van der Waals surface area contributed by atoms with E-state index in [-0.39, 0.29) is 0 Å². The SMILES string of the molecule is CCCCc1c[c]([Sn]([CH2]CCC)([CH2]CCC)[CH2]CCC)sc1-c1s[c]([Sn]([CH2]CCC)([CH2]CCC)[CH2]CCC)cc1CCCC. The molecule has 4 heteroatoms.